The van der Waals surface area contributed by atoms with Crippen molar-refractivity contribution in [1.29, 1.82) is 0 Å². The minimum atomic E-state index is -1.63. The van der Waals surface area contributed by atoms with Crippen LogP contribution in [0, 0.1) is 0 Å². The minimum Gasteiger partial charge on any atom is -0.454 e. The van der Waals surface area contributed by atoms with Gasteiger partial charge in [0, 0.05) is 6.42 Å². The van der Waals surface area contributed by atoms with Crippen molar-refractivity contribution in [1.82, 2.24) is 5.32 Å². The maximum absolute atomic E-state index is 13.5. The zero-order chi connectivity index (χ0) is 62.4. The molecule has 8 unspecified atom stereocenters. The predicted octanol–water partition coefficient (Wildman–Crippen LogP) is 18.5. The third kappa shape index (κ3) is 48.7. The van der Waals surface area contributed by atoms with E-state index in [0.29, 0.717) is 12.8 Å². The first-order valence-corrected chi connectivity index (χ1v) is 35.9. The molecule has 1 fully saturated rings. The van der Waals surface area contributed by atoms with E-state index >= 15 is 0 Å². The molecule has 1 heterocycles. The summed E-state index contributed by atoms with van der Waals surface area (Å²) in [6, 6.07) is -1.03. The van der Waals surface area contributed by atoms with Gasteiger partial charge in [0.15, 0.2) is 12.4 Å². The molecule has 0 radical (unpaired) electrons. The van der Waals surface area contributed by atoms with Crippen LogP contribution in [0.3, 0.4) is 0 Å². The van der Waals surface area contributed by atoms with E-state index < -0.39 is 67.4 Å². The quantitative estimate of drug-likeness (QED) is 0.0195. The van der Waals surface area contributed by atoms with Crippen LogP contribution < -0.4 is 5.32 Å². The summed E-state index contributed by atoms with van der Waals surface area (Å²) in [4.78, 5) is 26.7. The van der Waals surface area contributed by atoms with E-state index in [-0.39, 0.29) is 19.4 Å². The van der Waals surface area contributed by atoms with Gasteiger partial charge in [0.1, 0.15) is 24.4 Å². The highest BCUT2D eigenvalue weighted by Crippen LogP contribution is 2.26. The van der Waals surface area contributed by atoms with Gasteiger partial charge >= 0.3 is 5.97 Å². The van der Waals surface area contributed by atoms with Crippen molar-refractivity contribution >= 4 is 11.9 Å². The number of rotatable bonds is 61. The maximum atomic E-state index is 13.5. The van der Waals surface area contributed by atoms with Crippen LogP contribution >= 0.6 is 0 Å². The molecule has 0 bridgehead atoms. The average Bonchev–Trinajstić information content (AvgIpc) is 3.38. The molecule has 0 spiro atoms. The van der Waals surface area contributed by atoms with Crippen LogP contribution in [0.15, 0.2) is 85.1 Å². The number of allylic oxidation sites excluding steroid dienone is 13. The Morgan fingerprint density at radius 1 is 0.465 bits per heavy atom. The summed E-state index contributed by atoms with van der Waals surface area (Å²) in [5, 5.41) is 57.3. The number of nitrogens with one attached hydrogen (secondary N) is 1. The number of amides is 1. The van der Waals surface area contributed by atoms with E-state index in [4.69, 9.17) is 14.2 Å². The SMILES string of the molecule is CC/C=C\C/C=C\C/C=C\C/C=C\C/C=C\CCCCCCCC(=O)OC1C(OCC(NC(=O)C(O)CCCCCCCCCCCCCCCC/C=C/CCCCCCCC)C(O)/C=C/CCCCCCCCCCCC)OC(CO)C(O)C1O. The number of unbranched alkanes of at least 4 members (excludes halogenated alkanes) is 35. The van der Waals surface area contributed by atoms with Gasteiger partial charge in [-0.05, 0) is 96.3 Å². The molecular formula is C75H133NO10. The van der Waals surface area contributed by atoms with Gasteiger partial charge in [-0.2, -0.15) is 0 Å². The lowest BCUT2D eigenvalue weighted by atomic mass is 9.99. The highest BCUT2D eigenvalue weighted by molar-refractivity contribution is 5.80. The van der Waals surface area contributed by atoms with Gasteiger partial charge in [-0.1, -0.05) is 298 Å². The molecule has 0 aromatic heterocycles. The van der Waals surface area contributed by atoms with Crippen molar-refractivity contribution < 1.29 is 49.3 Å². The highest BCUT2D eigenvalue weighted by Gasteiger charge is 2.47. The molecule has 6 N–H and O–H groups in total. The van der Waals surface area contributed by atoms with Crippen LogP contribution in [0.2, 0.25) is 0 Å². The highest BCUT2D eigenvalue weighted by atomic mass is 16.7. The molecule has 1 amide bonds. The maximum Gasteiger partial charge on any atom is 0.306 e. The fourth-order valence-electron chi connectivity index (χ4n) is 10.9. The number of carbonyl (C=O) groups excluding carboxylic acids is 2. The summed E-state index contributed by atoms with van der Waals surface area (Å²) in [7, 11) is 0. The van der Waals surface area contributed by atoms with Gasteiger partial charge in [-0.3, -0.25) is 9.59 Å². The molecule has 0 aromatic rings. The lowest BCUT2D eigenvalue weighted by Gasteiger charge is -2.41. The third-order valence-electron chi connectivity index (χ3n) is 16.5. The molecule has 0 saturated carbocycles. The van der Waals surface area contributed by atoms with Gasteiger partial charge in [-0.15, -0.1) is 0 Å². The number of esters is 1. The van der Waals surface area contributed by atoms with Gasteiger partial charge in [-0.25, -0.2) is 0 Å². The molecule has 86 heavy (non-hydrogen) atoms. The predicted molar refractivity (Wildman–Crippen MR) is 361 cm³/mol. The zero-order valence-electron chi connectivity index (χ0n) is 55.4. The van der Waals surface area contributed by atoms with Crippen LogP contribution in [0.4, 0.5) is 0 Å². The third-order valence-corrected chi connectivity index (χ3v) is 16.5. The molecule has 8 atom stereocenters. The second-order valence-corrected chi connectivity index (χ2v) is 24.6. The van der Waals surface area contributed by atoms with Crippen LogP contribution in [-0.4, -0.2) is 99.6 Å². The molecule has 1 aliphatic heterocycles. The Hall–Kier alpha value is -3.16. The summed E-state index contributed by atoms with van der Waals surface area (Å²) in [5.41, 5.74) is 0. The van der Waals surface area contributed by atoms with E-state index in [1.165, 1.54) is 167 Å². The molecule has 1 saturated heterocycles. The summed E-state index contributed by atoms with van der Waals surface area (Å²) < 4.78 is 17.7. The van der Waals surface area contributed by atoms with Crippen molar-refractivity contribution in [3.8, 4) is 0 Å². The molecule has 498 valence electrons. The topological polar surface area (TPSA) is 175 Å². The summed E-state index contributed by atoms with van der Waals surface area (Å²) in [5.74, 6) is -1.21. The number of hydrogen-bond donors (Lipinski definition) is 6. The van der Waals surface area contributed by atoms with Crippen LogP contribution in [0.1, 0.15) is 316 Å². The number of aliphatic hydroxyl groups is 5. The van der Waals surface area contributed by atoms with E-state index in [0.717, 1.165) is 103 Å². The van der Waals surface area contributed by atoms with Crippen LogP contribution in [-0.2, 0) is 23.8 Å². The zero-order valence-corrected chi connectivity index (χ0v) is 55.4. The van der Waals surface area contributed by atoms with Crippen LogP contribution in [0.5, 0.6) is 0 Å². The van der Waals surface area contributed by atoms with Gasteiger partial charge in [0.05, 0.1) is 25.4 Å². The van der Waals surface area contributed by atoms with E-state index in [2.05, 4.69) is 99.0 Å². The van der Waals surface area contributed by atoms with Gasteiger partial charge in [0.2, 0.25) is 5.91 Å². The van der Waals surface area contributed by atoms with Crippen molar-refractivity contribution in [3.05, 3.63) is 85.1 Å². The Bertz CT molecular complexity index is 1720. The smallest absolute Gasteiger partial charge is 0.306 e. The summed E-state index contributed by atoms with van der Waals surface area (Å²) in [6.45, 7) is 5.69. The van der Waals surface area contributed by atoms with Crippen molar-refractivity contribution in [2.75, 3.05) is 13.2 Å². The van der Waals surface area contributed by atoms with Gasteiger partial charge in [0.25, 0.3) is 0 Å². The normalized spacial score (nSPS) is 18.8. The fourth-order valence-corrected chi connectivity index (χ4v) is 10.9. The number of carbonyl (C=O) groups is 2. The molecule has 11 nitrogen and oxygen atoms in total. The molecule has 0 aliphatic carbocycles. The molecule has 1 rings (SSSR count). The summed E-state index contributed by atoms with van der Waals surface area (Å²) in [6.07, 6.45) is 71.9. The Kier molecular flexibility index (Phi) is 58.3. The molecule has 0 aromatic carbocycles. The first-order chi connectivity index (χ1) is 42.2. The molecule has 11 heteroatoms. The van der Waals surface area contributed by atoms with Crippen molar-refractivity contribution in [2.45, 2.75) is 365 Å². The lowest BCUT2D eigenvalue weighted by Crippen LogP contribution is -2.61. The van der Waals surface area contributed by atoms with Gasteiger partial charge < -0.3 is 45.1 Å². The Labute approximate surface area is 527 Å². The molecule has 1 aliphatic rings. The molecular weight excluding hydrogens is 1070 g/mol. The fraction of sp³-hybridized carbons (Fsp3) is 0.787. The Morgan fingerprint density at radius 3 is 1.27 bits per heavy atom. The largest absolute Gasteiger partial charge is 0.454 e. The lowest BCUT2D eigenvalue weighted by molar-refractivity contribution is -0.305. The first kappa shape index (κ1) is 80.9. The number of aliphatic hydroxyl groups excluding tert-OH is 5. The first-order valence-electron chi connectivity index (χ1n) is 35.9. The average molecular weight is 1210 g/mol. The second kappa shape index (κ2) is 62.1. The van der Waals surface area contributed by atoms with E-state index in [9.17, 15) is 35.1 Å². The Balaban J connectivity index is 2.58. The number of hydrogen-bond acceptors (Lipinski definition) is 10. The van der Waals surface area contributed by atoms with Crippen LogP contribution in [0.25, 0.3) is 0 Å². The monoisotopic (exact) mass is 1210 g/mol. The summed E-state index contributed by atoms with van der Waals surface area (Å²) >= 11 is 0. The van der Waals surface area contributed by atoms with E-state index in [1.807, 2.05) is 6.08 Å². The second-order valence-electron chi connectivity index (χ2n) is 24.6. The minimum absolute atomic E-state index is 0.0990. The van der Waals surface area contributed by atoms with E-state index in [1.54, 1.807) is 6.08 Å². The Morgan fingerprint density at radius 2 is 0.837 bits per heavy atom. The standard InChI is InChI=1S/C75H133NO10/c1-4-7-10-13-16-19-22-25-27-29-31-33-34-35-37-38-40-42-44-47-50-53-56-59-62-68(79)74(83)76-66(67(78)61-58-55-52-49-46-24-21-18-15-12-9-6-3)65-84-75-73(72(82)71(81)69(64-77)85-75)86-70(80)63-60-57-54-51-48-45-43-41-39-36-32-30-28-26-23-20-17-14-11-8-5-2/h8,11,17,20,25-28,32,36,41,43,58,61,66-69,71-73,75,77-79,81-82H,4-7,9-10,12-16,18-19,21-24,29-31,33-35,37-40,42,44-57,59-60,62-65H2,1-3H3,(H,76,83)/b11-8-,20-17-,27-25+,28-26-,36-32-,43-41-,61-58+. The number of ether oxygens (including phenoxy) is 3. The van der Waals surface area contributed by atoms with Crippen molar-refractivity contribution in [3.63, 3.8) is 0 Å². The van der Waals surface area contributed by atoms with Crippen molar-refractivity contribution in [2.24, 2.45) is 0 Å².